The lowest BCUT2D eigenvalue weighted by atomic mass is 9.87. The Morgan fingerprint density at radius 2 is 2.10 bits per heavy atom. The number of aromatic nitrogens is 2. The quantitative estimate of drug-likeness (QED) is 0.758. The van der Waals surface area contributed by atoms with Crippen LogP contribution in [0.4, 0.5) is 0 Å². The molecule has 21 heavy (non-hydrogen) atoms. The van der Waals surface area contributed by atoms with Crippen LogP contribution < -0.4 is 0 Å². The molecule has 0 fully saturated rings. The van der Waals surface area contributed by atoms with Crippen LogP contribution in [0.1, 0.15) is 17.7 Å². The number of hydrogen-bond acceptors (Lipinski definition) is 3. The number of nitrogens with zero attached hydrogens (tertiary/aromatic N) is 2. The predicted octanol–water partition coefficient (Wildman–Crippen LogP) is 3.16. The molecule has 0 radical (unpaired) electrons. The molecule has 1 unspecified atom stereocenters. The third kappa shape index (κ3) is 3.48. The maximum Gasteiger partial charge on any atom is 0.133 e. The summed E-state index contributed by atoms with van der Waals surface area (Å²) < 4.78 is 7.62. The highest BCUT2D eigenvalue weighted by molar-refractivity contribution is 9.10. The molecule has 0 saturated heterocycles. The Labute approximate surface area is 137 Å². The molecular formula is C15H18BrClN2O2. The standard InChI is InChI=1S/C15H18BrClN2O2/c1-21-10-9-19-14(13(16)11-18-19)15(20,7-8-17)12-5-3-2-4-6-12/h2-6,11,20H,7-10H2,1H3. The van der Waals surface area contributed by atoms with Crippen LogP contribution in [0.3, 0.4) is 0 Å². The first-order valence-electron chi connectivity index (χ1n) is 6.68. The number of benzene rings is 1. The molecule has 0 spiro atoms. The van der Waals surface area contributed by atoms with Crippen LogP contribution in [0.15, 0.2) is 41.0 Å². The van der Waals surface area contributed by atoms with E-state index in [0.29, 0.717) is 31.1 Å². The lowest BCUT2D eigenvalue weighted by Crippen LogP contribution is -2.32. The van der Waals surface area contributed by atoms with Gasteiger partial charge in [-0.2, -0.15) is 5.10 Å². The average Bonchev–Trinajstić information content (AvgIpc) is 2.87. The molecule has 1 aromatic heterocycles. The molecule has 0 amide bonds. The fourth-order valence-electron chi connectivity index (χ4n) is 2.37. The highest BCUT2D eigenvalue weighted by atomic mass is 79.9. The van der Waals surface area contributed by atoms with Gasteiger partial charge in [-0.3, -0.25) is 4.68 Å². The van der Waals surface area contributed by atoms with Crippen LogP contribution >= 0.6 is 27.5 Å². The van der Waals surface area contributed by atoms with E-state index in [9.17, 15) is 5.11 Å². The fourth-order valence-corrected chi connectivity index (χ4v) is 3.27. The van der Waals surface area contributed by atoms with Gasteiger partial charge < -0.3 is 9.84 Å². The number of hydrogen-bond donors (Lipinski definition) is 1. The third-order valence-electron chi connectivity index (χ3n) is 3.40. The van der Waals surface area contributed by atoms with E-state index in [0.717, 1.165) is 10.0 Å². The van der Waals surface area contributed by atoms with Crippen LogP contribution in [0.25, 0.3) is 0 Å². The Morgan fingerprint density at radius 3 is 2.71 bits per heavy atom. The average molecular weight is 374 g/mol. The van der Waals surface area contributed by atoms with Crippen molar-refractivity contribution in [2.75, 3.05) is 19.6 Å². The largest absolute Gasteiger partial charge is 0.383 e. The number of rotatable bonds is 7. The SMILES string of the molecule is COCCn1ncc(Br)c1C(O)(CCCl)c1ccccc1. The molecular weight excluding hydrogens is 356 g/mol. The van der Waals surface area contributed by atoms with Gasteiger partial charge in [0.25, 0.3) is 0 Å². The molecule has 0 bridgehead atoms. The van der Waals surface area contributed by atoms with Gasteiger partial charge in [-0.1, -0.05) is 30.3 Å². The topological polar surface area (TPSA) is 47.3 Å². The number of alkyl halides is 1. The van der Waals surface area contributed by atoms with Crippen LogP contribution in [-0.2, 0) is 16.9 Å². The molecule has 0 aliphatic rings. The van der Waals surface area contributed by atoms with Gasteiger partial charge in [-0.25, -0.2) is 0 Å². The molecule has 2 rings (SSSR count). The second-order valence-corrected chi connectivity index (χ2v) is 5.95. The minimum Gasteiger partial charge on any atom is -0.383 e. The van der Waals surface area contributed by atoms with E-state index in [1.807, 2.05) is 30.3 Å². The Morgan fingerprint density at radius 1 is 1.38 bits per heavy atom. The van der Waals surface area contributed by atoms with Crippen LogP contribution in [-0.4, -0.2) is 34.5 Å². The summed E-state index contributed by atoms with van der Waals surface area (Å²) in [6.07, 6.45) is 2.09. The van der Waals surface area contributed by atoms with Crippen molar-refractivity contribution in [1.29, 1.82) is 0 Å². The first kappa shape index (κ1) is 16.5. The van der Waals surface area contributed by atoms with E-state index < -0.39 is 5.60 Å². The minimum atomic E-state index is -1.19. The van der Waals surface area contributed by atoms with Crippen LogP contribution in [0.2, 0.25) is 0 Å². The van der Waals surface area contributed by atoms with Crippen molar-refractivity contribution in [2.45, 2.75) is 18.6 Å². The van der Waals surface area contributed by atoms with Gasteiger partial charge in [0.15, 0.2) is 0 Å². The third-order valence-corrected chi connectivity index (χ3v) is 4.17. The second-order valence-electron chi connectivity index (χ2n) is 4.72. The Bertz CT molecular complexity index is 576. The van der Waals surface area contributed by atoms with E-state index in [-0.39, 0.29) is 0 Å². The molecule has 0 saturated carbocycles. The van der Waals surface area contributed by atoms with Crippen LogP contribution in [0, 0.1) is 0 Å². The summed E-state index contributed by atoms with van der Waals surface area (Å²) in [6, 6.07) is 9.51. The van der Waals surface area contributed by atoms with Crippen molar-refractivity contribution in [2.24, 2.45) is 0 Å². The van der Waals surface area contributed by atoms with Gasteiger partial charge in [0.05, 0.1) is 29.5 Å². The van der Waals surface area contributed by atoms with Crippen molar-refractivity contribution in [1.82, 2.24) is 9.78 Å². The zero-order valence-corrected chi connectivity index (χ0v) is 14.1. The van der Waals surface area contributed by atoms with Crippen molar-refractivity contribution in [3.8, 4) is 0 Å². The van der Waals surface area contributed by atoms with Crippen molar-refractivity contribution < 1.29 is 9.84 Å². The Balaban J connectivity index is 2.50. The maximum atomic E-state index is 11.3. The van der Waals surface area contributed by atoms with Gasteiger partial charge in [0, 0.05) is 13.0 Å². The minimum absolute atomic E-state index is 0.341. The lowest BCUT2D eigenvalue weighted by molar-refractivity contribution is 0.0644. The molecule has 1 atom stereocenters. The normalized spacial score (nSPS) is 14.1. The summed E-state index contributed by atoms with van der Waals surface area (Å²) in [7, 11) is 1.64. The van der Waals surface area contributed by atoms with Gasteiger partial charge >= 0.3 is 0 Å². The first-order chi connectivity index (χ1) is 10.1. The van der Waals surface area contributed by atoms with E-state index in [2.05, 4.69) is 21.0 Å². The molecule has 2 aromatic rings. The van der Waals surface area contributed by atoms with E-state index in [4.69, 9.17) is 16.3 Å². The van der Waals surface area contributed by atoms with Gasteiger partial charge in [-0.15, -0.1) is 11.6 Å². The van der Waals surface area contributed by atoms with E-state index in [1.165, 1.54) is 0 Å². The zero-order chi connectivity index (χ0) is 15.3. The highest BCUT2D eigenvalue weighted by Crippen LogP contribution is 2.37. The number of ether oxygens (including phenoxy) is 1. The summed E-state index contributed by atoms with van der Waals surface area (Å²) in [4.78, 5) is 0. The van der Waals surface area contributed by atoms with E-state index >= 15 is 0 Å². The summed E-state index contributed by atoms with van der Waals surface area (Å²) in [6.45, 7) is 1.09. The highest BCUT2D eigenvalue weighted by Gasteiger charge is 2.36. The van der Waals surface area contributed by atoms with Crippen molar-refractivity contribution in [3.05, 3.63) is 52.3 Å². The molecule has 1 heterocycles. The molecule has 1 N–H and O–H groups in total. The lowest BCUT2D eigenvalue weighted by Gasteiger charge is -2.29. The summed E-state index contributed by atoms with van der Waals surface area (Å²) in [5, 5.41) is 15.6. The number of methoxy groups -OCH3 is 1. The molecule has 0 aliphatic heterocycles. The van der Waals surface area contributed by atoms with Crippen molar-refractivity contribution >= 4 is 27.5 Å². The molecule has 0 aliphatic carbocycles. The fraction of sp³-hybridized carbons (Fsp3) is 0.400. The van der Waals surface area contributed by atoms with Crippen LogP contribution in [0.5, 0.6) is 0 Å². The summed E-state index contributed by atoms with van der Waals surface area (Å²) in [5.41, 5.74) is 0.309. The molecule has 6 heteroatoms. The zero-order valence-electron chi connectivity index (χ0n) is 11.8. The monoisotopic (exact) mass is 372 g/mol. The van der Waals surface area contributed by atoms with Gasteiger partial charge in [0.2, 0.25) is 0 Å². The number of aliphatic hydroxyl groups is 1. The van der Waals surface area contributed by atoms with Gasteiger partial charge in [-0.05, 0) is 27.9 Å². The summed E-state index contributed by atoms with van der Waals surface area (Å²) in [5.74, 6) is 0.341. The van der Waals surface area contributed by atoms with Crippen molar-refractivity contribution in [3.63, 3.8) is 0 Å². The van der Waals surface area contributed by atoms with E-state index in [1.54, 1.807) is 18.0 Å². The van der Waals surface area contributed by atoms with Gasteiger partial charge in [0.1, 0.15) is 5.60 Å². The maximum absolute atomic E-state index is 11.3. The first-order valence-corrected chi connectivity index (χ1v) is 8.01. The number of halogens is 2. The Kier molecular flexibility index (Phi) is 5.81. The molecule has 4 nitrogen and oxygen atoms in total. The molecule has 114 valence electrons. The summed E-state index contributed by atoms with van der Waals surface area (Å²) >= 11 is 9.42. The molecule has 1 aromatic carbocycles. The second kappa shape index (κ2) is 7.40. The Hall–Kier alpha value is -0.880. The smallest absolute Gasteiger partial charge is 0.133 e. The predicted molar refractivity (Wildman–Crippen MR) is 86.6 cm³/mol.